The number of amides is 2. The second-order valence-electron chi connectivity index (χ2n) is 7.30. The predicted molar refractivity (Wildman–Crippen MR) is 108 cm³/mol. The van der Waals surface area contributed by atoms with Gasteiger partial charge in [0.25, 0.3) is 0 Å². The molecule has 2 saturated heterocycles. The Morgan fingerprint density at radius 1 is 1.03 bits per heavy atom. The van der Waals surface area contributed by atoms with Crippen molar-refractivity contribution in [2.45, 2.75) is 25.8 Å². The predicted octanol–water partition coefficient (Wildman–Crippen LogP) is 2.14. The van der Waals surface area contributed by atoms with Gasteiger partial charge >= 0.3 is 6.09 Å². The number of likely N-dealkylation sites (tertiary alicyclic amines) is 1. The third-order valence-electron chi connectivity index (χ3n) is 5.66. The Bertz CT molecular complexity index is 718. The smallest absolute Gasteiger partial charge is 0.409 e. The summed E-state index contributed by atoms with van der Waals surface area (Å²) < 4.78 is 15.9. The highest BCUT2D eigenvalue weighted by Gasteiger charge is 2.32. The van der Waals surface area contributed by atoms with Gasteiger partial charge in [0.05, 0.1) is 27.4 Å². The Morgan fingerprint density at radius 3 is 2.41 bits per heavy atom. The molecule has 8 heteroatoms. The van der Waals surface area contributed by atoms with E-state index in [0.717, 1.165) is 36.4 Å². The van der Waals surface area contributed by atoms with Gasteiger partial charge in [0, 0.05) is 43.9 Å². The van der Waals surface area contributed by atoms with E-state index in [-0.39, 0.29) is 18.0 Å². The number of ether oxygens (including phenoxy) is 3. The zero-order valence-corrected chi connectivity index (χ0v) is 17.6. The summed E-state index contributed by atoms with van der Waals surface area (Å²) in [7, 11) is 3.29. The summed E-state index contributed by atoms with van der Waals surface area (Å²) in [6.45, 7) is 5.53. The second-order valence-corrected chi connectivity index (χ2v) is 7.30. The van der Waals surface area contributed by atoms with Crippen molar-refractivity contribution in [3.8, 4) is 11.5 Å². The number of methoxy groups -OCH3 is 2. The van der Waals surface area contributed by atoms with Crippen LogP contribution in [0.25, 0.3) is 0 Å². The summed E-state index contributed by atoms with van der Waals surface area (Å²) in [6, 6.07) is 6.01. The molecular weight excluding hydrogens is 374 g/mol. The topological polar surface area (TPSA) is 71.6 Å². The number of hydrogen-bond acceptors (Lipinski definition) is 6. The van der Waals surface area contributed by atoms with Gasteiger partial charge in [-0.3, -0.25) is 9.69 Å². The average Bonchev–Trinajstić information content (AvgIpc) is 3.21. The monoisotopic (exact) mass is 405 g/mol. The molecule has 3 rings (SSSR count). The highest BCUT2D eigenvalue weighted by atomic mass is 16.6. The fourth-order valence-electron chi connectivity index (χ4n) is 4.09. The minimum atomic E-state index is -0.300. The molecule has 1 unspecified atom stereocenters. The van der Waals surface area contributed by atoms with Crippen molar-refractivity contribution in [2.24, 2.45) is 0 Å². The number of benzene rings is 1. The molecule has 0 saturated carbocycles. The Hall–Kier alpha value is -2.48. The summed E-state index contributed by atoms with van der Waals surface area (Å²) >= 11 is 0. The summed E-state index contributed by atoms with van der Waals surface area (Å²) in [5, 5.41) is 0. The van der Waals surface area contributed by atoms with Gasteiger partial charge in [-0.05, 0) is 32.4 Å². The fourth-order valence-corrected chi connectivity index (χ4v) is 4.09. The first kappa shape index (κ1) is 21.2. The average molecular weight is 405 g/mol. The molecule has 160 valence electrons. The molecule has 2 aliphatic rings. The van der Waals surface area contributed by atoms with Gasteiger partial charge in [0.15, 0.2) is 0 Å². The quantitative estimate of drug-likeness (QED) is 0.722. The van der Waals surface area contributed by atoms with Crippen molar-refractivity contribution in [3.05, 3.63) is 23.8 Å². The van der Waals surface area contributed by atoms with Crippen LogP contribution < -0.4 is 9.47 Å². The molecule has 2 amide bonds. The van der Waals surface area contributed by atoms with Crippen molar-refractivity contribution >= 4 is 12.0 Å². The lowest BCUT2D eigenvalue weighted by Gasteiger charge is -2.35. The summed E-state index contributed by atoms with van der Waals surface area (Å²) in [5.74, 6) is 1.65. The van der Waals surface area contributed by atoms with E-state index in [9.17, 15) is 9.59 Å². The van der Waals surface area contributed by atoms with Crippen LogP contribution >= 0.6 is 0 Å². The third-order valence-corrected chi connectivity index (χ3v) is 5.66. The normalized spacial score (nSPS) is 19.9. The molecule has 1 aromatic rings. The van der Waals surface area contributed by atoms with Crippen LogP contribution in [0.5, 0.6) is 11.5 Å². The Morgan fingerprint density at radius 2 is 1.76 bits per heavy atom. The van der Waals surface area contributed by atoms with Gasteiger partial charge in [0.2, 0.25) is 5.91 Å². The number of rotatable bonds is 6. The summed E-state index contributed by atoms with van der Waals surface area (Å²) in [6.07, 6.45) is 1.74. The molecule has 1 aromatic carbocycles. The van der Waals surface area contributed by atoms with E-state index in [1.807, 2.05) is 23.1 Å². The molecule has 8 nitrogen and oxygen atoms in total. The van der Waals surface area contributed by atoms with Crippen LogP contribution in [0.1, 0.15) is 31.4 Å². The molecule has 0 aliphatic carbocycles. The van der Waals surface area contributed by atoms with Crippen molar-refractivity contribution < 1.29 is 23.8 Å². The van der Waals surface area contributed by atoms with Crippen molar-refractivity contribution in [3.63, 3.8) is 0 Å². The van der Waals surface area contributed by atoms with Gasteiger partial charge in [-0.2, -0.15) is 0 Å². The number of carbonyl (C=O) groups is 2. The zero-order chi connectivity index (χ0) is 20.8. The van der Waals surface area contributed by atoms with Crippen molar-refractivity contribution in [2.75, 3.05) is 60.1 Å². The highest BCUT2D eigenvalue weighted by molar-refractivity contribution is 5.79. The van der Waals surface area contributed by atoms with E-state index in [1.165, 1.54) is 0 Å². The molecule has 29 heavy (non-hydrogen) atoms. The molecule has 0 spiro atoms. The second kappa shape index (κ2) is 9.82. The number of hydrogen-bond donors (Lipinski definition) is 0. The molecule has 0 radical (unpaired) electrons. The maximum atomic E-state index is 12.9. The van der Waals surface area contributed by atoms with Crippen LogP contribution in [-0.4, -0.2) is 86.8 Å². The number of piperazine rings is 1. The van der Waals surface area contributed by atoms with E-state index in [1.54, 1.807) is 26.0 Å². The minimum Gasteiger partial charge on any atom is -0.497 e. The molecular formula is C21H31N3O5. The molecule has 0 N–H and O–H groups in total. The van der Waals surface area contributed by atoms with E-state index >= 15 is 0 Å². The number of nitrogens with zero attached hydrogens (tertiary/aromatic N) is 3. The lowest BCUT2D eigenvalue weighted by molar-refractivity contribution is -0.134. The molecule has 2 aliphatic heterocycles. The molecule has 0 aromatic heterocycles. The fraction of sp³-hybridized carbons (Fsp3) is 0.619. The first-order valence-corrected chi connectivity index (χ1v) is 10.2. The van der Waals surface area contributed by atoms with Gasteiger partial charge < -0.3 is 24.0 Å². The minimum absolute atomic E-state index is 0.105. The third kappa shape index (κ3) is 4.93. The maximum Gasteiger partial charge on any atom is 0.409 e. The van der Waals surface area contributed by atoms with Crippen molar-refractivity contribution in [1.29, 1.82) is 0 Å². The summed E-state index contributed by atoms with van der Waals surface area (Å²) in [4.78, 5) is 30.4. The van der Waals surface area contributed by atoms with Crippen LogP contribution in [0.4, 0.5) is 4.79 Å². The first-order valence-electron chi connectivity index (χ1n) is 10.2. The highest BCUT2D eigenvalue weighted by Crippen LogP contribution is 2.38. The van der Waals surface area contributed by atoms with Gasteiger partial charge in [-0.25, -0.2) is 4.79 Å². The lowest BCUT2D eigenvalue weighted by Crippen LogP contribution is -2.52. The standard InChI is InChI=1S/C21H31N3O5/c1-4-29-21(26)23-12-10-22(11-13-23)20(25)15-24-9-5-6-18(24)17-8-7-16(27-2)14-19(17)28-3/h7-8,14,18H,4-6,9-13,15H2,1-3H3. The Balaban J connectivity index is 1.60. The van der Waals surface area contributed by atoms with E-state index in [2.05, 4.69) is 4.90 Å². The van der Waals surface area contributed by atoms with Crippen LogP contribution in [-0.2, 0) is 9.53 Å². The maximum absolute atomic E-state index is 12.9. The van der Waals surface area contributed by atoms with Gasteiger partial charge in [-0.15, -0.1) is 0 Å². The Kier molecular flexibility index (Phi) is 7.19. The Labute approximate surface area is 172 Å². The van der Waals surface area contributed by atoms with E-state index in [0.29, 0.717) is 39.3 Å². The first-order chi connectivity index (χ1) is 14.1. The SMILES string of the molecule is CCOC(=O)N1CCN(C(=O)CN2CCCC2c2ccc(OC)cc2OC)CC1. The van der Waals surface area contributed by atoms with Gasteiger partial charge in [0.1, 0.15) is 11.5 Å². The van der Waals surface area contributed by atoms with Gasteiger partial charge in [-0.1, -0.05) is 6.07 Å². The van der Waals surface area contributed by atoms with Crippen LogP contribution in [0.3, 0.4) is 0 Å². The van der Waals surface area contributed by atoms with Crippen LogP contribution in [0.15, 0.2) is 18.2 Å². The number of carbonyl (C=O) groups excluding carboxylic acids is 2. The molecule has 0 bridgehead atoms. The summed E-state index contributed by atoms with van der Waals surface area (Å²) in [5.41, 5.74) is 1.09. The molecule has 2 heterocycles. The van der Waals surface area contributed by atoms with E-state index in [4.69, 9.17) is 14.2 Å². The van der Waals surface area contributed by atoms with E-state index < -0.39 is 0 Å². The zero-order valence-electron chi connectivity index (χ0n) is 17.6. The van der Waals surface area contributed by atoms with Crippen LogP contribution in [0.2, 0.25) is 0 Å². The largest absolute Gasteiger partial charge is 0.497 e. The molecule has 1 atom stereocenters. The van der Waals surface area contributed by atoms with Crippen LogP contribution in [0, 0.1) is 0 Å². The van der Waals surface area contributed by atoms with Crippen molar-refractivity contribution in [1.82, 2.24) is 14.7 Å². The lowest BCUT2D eigenvalue weighted by atomic mass is 10.0. The molecule has 2 fully saturated rings.